The monoisotopic (exact) mass is 418 g/mol. The number of ketones is 1. The Morgan fingerprint density at radius 3 is 2.37 bits per heavy atom. The summed E-state index contributed by atoms with van der Waals surface area (Å²) in [5.41, 5.74) is 0.0187. The van der Waals surface area contributed by atoms with Gasteiger partial charge in [-0.2, -0.15) is 0 Å². The van der Waals surface area contributed by atoms with Crippen LogP contribution >= 0.6 is 0 Å². The zero-order valence-corrected chi connectivity index (χ0v) is 19.2. The summed E-state index contributed by atoms with van der Waals surface area (Å²) in [7, 11) is 0. The third-order valence-electron chi connectivity index (χ3n) is 9.68. The highest BCUT2D eigenvalue weighted by atomic mass is 16.5. The van der Waals surface area contributed by atoms with Crippen LogP contribution in [0.3, 0.4) is 0 Å². The largest absolute Gasteiger partial charge is 0.463 e. The molecule has 3 unspecified atom stereocenters. The summed E-state index contributed by atoms with van der Waals surface area (Å²) in [6, 6.07) is 0. The standard InChI is InChI=1S/C25H38O5/c1-6-16-7-8-19-22-20(28)12-17-11-18(29-14(2)26)9-10-24(17,4)23(22)21(30-15(3)27)13-25(16,19)5/h16-19,21-23H,6-13H2,1-5H3/t16-,17?,18?,19-,21?,22+,23-,24-,25+/m0/s1. The second-order valence-corrected chi connectivity index (χ2v) is 11.1. The summed E-state index contributed by atoms with van der Waals surface area (Å²) in [5.74, 6) is 1.14. The topological polar surface area (TPSA) is 69.7 Å². The van der Waals surface area contributed by atoms with E-state index in [4.69, 9.17) is 9.47 Å². The van der Waals surface area contributed by atoms with Crippen LogP contribution < -0.4 is 0 Å². The van der Waals surface area contributed by atoms with Crippen LogP contribution in [0.2, 0.25) is 0 Å². The molecule has 5 nitrogen and oxygen atoms in total. The highest BCUT2D eigenvalue weighted by molar-refractivity contribution is 5.84. The summed E-state index contributed by atoms with van der Waals surface area (Å²) in [6.07, 6.45) is 7.07. The summed E-state index contributed by atoms with van der Waals surface area (Å²) in [6.45, 7) is 9.87. The average Bonchev–Trinajstić information content (AvgIpc) is 2.97. The number of ether oxygens (including phenoxy) is 2. The summed E-state index contributed by atoms with van der Waals surface area (Å²) in [5, 5.41) is 0. The summed E-state index contributed by atoms with van der Waals surface area (Å²) < 4.78 is 11.5. The maximum absolute atomic E-state index is 13.6. The molecule has 30 heavy (non-hydrogen) atoms. The molecule has 0 aromatic heterocycles. The number of hydrogen-bond donors (Lipinski definition) is 0. The summed E-state index contributed by atoms with van der Waals surface area (Å²) in [4.78, 5) is 37.2. The van der Waals surface area contributed by atoms with Crippen molar-refractivity contribution >= 4 is 17.7 Å². The number of fused-ring (bicyclic) bond motifs is 5. The van der Waals surface area contributed by atoms with Gasteiger partial charge in [0.25, 0.3) is 0 Å². The van der Waals surface area contributed by atoms with Gasteiger partial charge in [0.2, 0.25) is 0 Å². The average molecular weight is 419 g/mol. The molecule has 4 aliphatic rings. The van der Waals surface area contributed by atoms with Crippen molar-refractivity contribution in [2.24, 2.45) is 40.4 Å². The third kappa shape index (κ3) is 3.31. The fraction of sp³-hybridized carbons (Fsp3) is 0.880. The van der Waals surface area contributed by atoms with E-state index in [1.165, 1.54) is 20.3 Å². The van der Waals surface area contributed by atoms with E-state index < -0.39 is 0 Å². The first-order valence-corrected chi connectivity index (χ1v) is 12.0. The Morgan fingerprint density at radius 1 is 1.03 bits per heavy atom. The van der Waals surface area contributed by atoms with Gasteiger partial charge in [-0.25, -0.2) is 0 Å². The van der Waals surface area contributed by atoms with Crippen molar-refractivity contribution in [2.45, 2.75) is 98.2 Å². The molecular formula is C25H38O5. The molecule has 0 aromatic carbocycles. The highest BCUT2D eigenvalue weighted by Gasteiger charge is 2.66. The van der Waals surface area contributed by atoms with E-state index in [0.29, 0.717) is 24.0 Å². The minimum absolute atomic E-state index is 0.00354. The van der Waals surface area contributed by atoms with E-state index >= 15 is 0 Å². The minimum Gasteiger partial charge on any atom is -0.463 e. The molecule has 4 saturated carbocycles. The molecule has 0 amide bonds. The molecule has 0 N–H and O–H groups in total. The summed E-state index contributed by atoms with van der Waals surface area (Å²) >= 11 is 0. The third-order valence-corrected chi connectivity index (χ3v) is 9.68. The lowest BCUT2D eigenvalue weighted by Crippen LogP contribution is -2.62. The van der Waals surface area contributed by atoms with Crippen molar-refractivity contribution < 1.29 is 23.9 Å². The maximum atomic E-state index is 13.6. The molecule has 0 spiro atoms. The van der Waals surface area contributed by atoms with E-state index in [1.807, 2.05) is 0 Å². The van der Waals surface area contributed by atoms with E-state index in [0.717, 1.165) is 38.5 Å². The Morgan fingerprint density at radius 2 is 1.73 bits per heavy atom. The van der Waals surface area contributed by atoms with Crippen LogP contribution in [-0.2, 0) is 23.9 Å². The number of carbonyl (C=O) groups is 3. The van der Waals surface area contributed by atoms with Crippen LogP contribution in [0.15, 0.2) is 0 Å². The molecule has 4 fully saturated rings. The Bertz CT molecular complexity index is 731. The van der Waals surface area contributed by atoms with Crippen LogP contribution in [0.4, 0.5) is 0 Å². The van der Waals surface area contributed by atoms with Crippen molar-refractivity contribution in [2.75, 3.05) is 0 Å². The van der Waals surface area contributed by atoms with Gasteiger partial charge in [-0.15, -0.1) is 0 Å². The maximum Gasteiger partial charge on any atom is 0.302 e. The normalized spacial score (nSPS) is 47.6. The number of hydrogen-bond acceptors (Lipinski definition) is 5. The van der Waals surface area contributed by atoms with Gasteiger partial charge in [-0.05, 0) is 67.1 Å². The lowest BCUT2D eigenvalue weighted by atomic mass is 9.43. The lowest BCUT2D eigenvalue weighted by Gasteiger charge is -2.62. The minimum atomic E-state index is -0.244. The van der Waals surface area contributed by atoms with Crippen LogP contribution in [0, 0.1) is 40.4 Å². The van der Waals surface area contributed by atoms with Crippen molar-refractivity contribution in [1.82, 2.24) is 0 Å². The molecule has 0 aliphatic heterocycles. The SMILES string of the molecule is CC[C@H]1CC[C@H]2[C@@H]3C(=O)CC4CC(OC(C)=O)CC[C@]4(C)[C@H]3C(OC(C)=O)C[C@]12C. The molecule has 0 heterocycles. The molecule has 5 heteroatoms. The van der Waals surface area contributed by atoms with Gasteiger partial charge >= 0.3 is 11.9 Å². The second kappa shape index (κ2) is 7.63. The van der Waals surface area contributed by atoms with Crippen molar-refractivity contribution in [3.05, 3.63) is 0 Å². The van der Waals surface area contributed by atoms with Gasteiger partial charge in [0.05, 0.1) is 0 Å². The number of carbonyl (C=O) groups excluding carboxylic acids is 3. The van der Waals surface area contributed by atoms with Crippen molar-refractivity contribution in [3.63, 3.8) is 0 Å². The first kappa shape index (κ1) is 21.8. The molecular weight excluding hydrogens is 380 g/mol. The van der Waals surface area contributed by atoms with Gasteiger partial charge in [-0.3, -0.25) is 14.4 Å². The van der Waals surface area contributed by atoms with Gasteiger partial charge in [0.1, 0.15) is 18.0 Å². The molecule has 0 bridgehead atoms. The van der Waals surface area contributed by atoms with E-state index in [1.54, 1.807) is 0 Å². The van der Waals surface area contributed by atoms with Gasteiger partial charge in [0, 0.05) is 32.1 Å². The molecule has 9 atom stereocenters. The highest BCUT2D eigenvalue weighted by Crippen LogP contribution is 2.67. The Balaban J connectivity index is 1.70. The van der Waals surface area contributed by atoms with E-state index in [2.05, 4.69) is 20.8 Å². The molecule has 168 valence electrons. The van der Waals surface area contributed by atoms with Crippen molar-refractivity contribution in [3.8, 4) is 0 Å². The molecule has 0 aromatic rings. The van der Waals surface area contributed by atoms with Crippen LogP contribution in [-0.4, -0.2) is 29.9 Å². The fourth-order valence-corrected chi connectivity index (χ4v) is 8.41. The predicted molar refractivity (Wildman–Crippen MR) is 112 cm³/mol. The van der Waals surface area contributed by atoms with Crippen LogP contribution in [0.1, 0.15) is 86.0 Å². The first-order valence-electron chi connectivity index (χ1n) is 12.0. The van der Waals surface area contributed by atoms with Crippen LogP contribution in [0.5, 0.6) is 0 Å². The molecule has 4 rings (SSSR count). The van der Waals surface area contributed by atoms with E-state index in [-0.39, 0.29) is 52.7 Å². The lowest BCUT2D eigenvalue weighted by molar-refractivity contribution is -0.200. The van der Waals surface area contributed by atoms with Gasteiger partial charge < -0.3 is 9.47 Å². The zero-order chi connectivity index (χ0) is 21.8. The number of rotatable bonds is 3. The van der Waals surface area contributed by atoms with Crippen LogP contribution in [0.25, 0.3) is 0 Å². The Labute approximate surface area is 180 Å². The number of esters is 2. The Hall–Kier alpha value is -1.39. The van der Waals surface area contributed by atoms with Crippen molar-refractivity contribution in [1.29, 1.82) is 0 Å². The Kier molecular flexibility index (Phi) is 5.55. The quantitative estimate of drug-likeness (QED) is 0.621. The number of Topliss-reactive ketones (excluding diaryl/α,β-unsaturated/α-hetero) is 1. The van der Waals surface area contributed by atoms with E-state index in [9.17, 15) is 14.4 Å². The first-order chi connectivity index (χ1) is 14.1. The molecule has 4 aliphatic carbocycles. The fourth-order valence-electron chi connectivity index (χ4n) is 8.41. The zero-order valence-electron chi connectivity index (χ0n) is 19.2. The smallest absolute Gasteiger partial charge is 0.302 e. The predicted octanol–water partition coefficient (Wildman–Crippen LogP) is 4.71. The molecule has 0 saturated heterocycles. The second-order valence-electron chi connectivity index (χ2n) is 11.1. The van der Waals surface area contributed by atoms with Gasteiger partial charge in [0.15, 0.2) is 0 Å². The molecule has 0 radical (unpaired) electrons. The van der Waals surface area contributed by atoms with Gasteiger partial charge in [-0.1, -0.05) is 27.2 Å².